The number of ether oxygens (including phenoxy) is 1. The zero-order valence-corrected chi connectivity index (χ0v) is 19.4. The number of para-hydroxylation sites is 1. The minimum absolute atomic E-state index is 0.0646. The van der Waals surface area contributed by atoms with Gasteiger partial charge in [-0.1, -0.05) is 23.9 Å². The lowest BCUT2D eigenvalue weighted by molar-refractivity contribution is -0.113. The maximum absolute atomic E-state index is 12.5. The van der Waals surface area contributed by atoms with Crippen molar-refractivity contribution in [3.05, 3.63) is 48.5 Å². The van der Waals surface area contributed by atoms with Crippen molar-refractivity contribution in [1.82, 2.24) is 14.8 Å². The van der Waals surface area contributed by atoms with E-state index in [-0.39, 0.29) is 11.7 Å². The fourth-order valence-corrected chi connectivity index (χ4v) is 4.75. The molecule has 1 fully saturated rings. The maximum Gasteiger partial charge on any atom is 0.234 e. The Bertz CT molecular complexity index is 1040. The summed E-state index contributed by atoms with van der Waals surface area (Å²) in [6.45, 7) is 4.95. The number of methoxy groups -OCH3 is 1. The topological polar surface area (TPSA) is 72.3 Å². The number of piperidine rings is 1. The van der Waals surface area contributed by atoms with Gasteiger partial charge in [0.25, 0.3) is 0 Å². The Morgan fingerprint density at radius 2 is 1.81 bits per heavy atom. The molecular formula is C24H29N5O2S. The first-order valence-electron chi connectivity index (χ1n) is 11.0. The number of hydrogen-bond acceptors (Lipinski definition) is 6. The third-order valence-electron chi connectivity index (χ3n) is 5.59. The molecule has 0 spiro atoms. The van der Waals surface area contributed by atoms with Crippen molar-refractivity contribution in [3.8, 4) is 17.1 Å². The van der Waals surface area contributed by atoms with E-state index in [9.17, 15) is 4.79 Å². The van der Waals surface area contributed by atoms with Crippen LogP contribution in [0.5, 0.6) is 5.75 Å². The summed E-state index contributed by atoms with van der Waals surface area (Å²) < 4.78 is 7.47. The number of benzene rings is 2. The molecule has 8 heteroatoms. The summed E-state index contributed by atoms with van der Waals surface area (Å²) >= 11 is 1.38. The SMILES string of the molecule is CCn1c(SCC(=O)Nc2ccc(N3CCCCC3)cc2)nnc1-c1ccccc1OC. The summed E-state index contributed by atoms with van der Waals surface area (Å²) in [5.74, 6) is 1.68. The molecule has 3 aromatic rings. The van der Waals surface area contributed by atoms with Gasteiger partial charge in [-0.25, -0.2) is 0 Å². The van der Waals surface area contributed by atoms with Crippen LogP contribution < -0.4 is 15.0 Å². The van der Waals surface area contributed by atoms with Gasteiger partial charge in [-0.2, -0.15) is 0 Å². The molecule has 2 aromatic carbocycles. The molecule has 1 N–H and O–H groups in total. The van der Waals surface area contributed by atoms with Crippen molar-refractivity contribution < 1.29 is 9.53 Å². The molecule has 0 atom stereocenters. The van der Waals surface area contributed by atoms with Crippen LogP contribution in [0.1, 0.15) is 26.2 Å². The molecule has 1 aliphatic heterocycles. The van der Waals surface area contributed by atoms with Gasteiger partial charge in [0.1, 0.15) is 5.75 Å². The molecule has 7 nitrogen and oxygen atoms in total. The third kappa shape index (κ3) is 5.07. The molecular weight excluding hydrogens is 422 g/mol. The summed E-state index contributed by atoms with van der Waals surface area (Å²) in [5.41, 5.74) is 2.91. The van der Waals surface area contributed by atoms with Crippen LogP contribution in [-0.4, -0.2) is 46.6 Å². The molecule has 32 heavy (non-hydrogen) atoms. The molecule has 0 bridgehead atoms. The van der Waals surface area contributed by atoms with Crippen LogP contribution in [0.2, 0.25) is 0 Å². The van der Waals surface area contributed by atoms with Crippen LogP contribution in [0.15, 0.2) is 53.7 Å². The van der Waals surface area contributed by atoms with E-state index in [1.54, 1.807) is 7.11 Å². The minimum atomic E-state index is -0.0646. The number of carbonyl (C=O) groups is 1. The number of aromatic nitrogens is 3. The molecule has 1 amide bonds. The van der Waals surface area contributed by atoms with Gasteiger partial charge in [-0.3, -0.25) is 4.79 Å². The Morgan fingerprint density at radius 1 is 1.06 bits per heavy atom. The zero-order chi connectivity index (χ0) is 22.3. The van der Waals surface area contributed by atoms with Gasteiger partial charge in [0.05, 0.1) is 18.4 Å². The summed E-state index contributed by atoms with van der Waals surface area (Å²) in [7, 11) is 1.64. The molecule has 2 heterocycles. The van der Waals surface area contributed by atoms with E-state index in [0.717, 1.165) is 35.9 Å². The van der Waals surface area contributed by atoms with Crippen LogP contribution in [-0.2, 0) is 11.3 Å². The van der Waals surface area contributed by atoms with E-state index in [2.05, 4.69) is 32.5 Å². The lowest BCUT2D eigenvalue weighted by atomic mass is 10.1. The summed E-state index contributed by atoms with van der Waals surface area (Å²) in [5, 5.41) is 12.4. The van der Waals surface area contributed by atoms with E-state index in [1.165, 1.54) is 36.7 Å². The maximum atomic E-state index is 12.5. The Kier molecular flexibility index (Phi) is 7.32. The smallest absolute Gasteiger partial charge is 0.234 e. The van der Waals surface area contributed by atoms with Crippen LogP contribution in [0.25, 0.3) is 11.4 Å². The van der Waals surface area contributed by atoms with Crippen molar-refractivity contribution >= 4 is 29.0 Å². The quantitative estimate of drug-likeness (QED) is 0.501. The van der Waals surface area contributed by atoms with Gasteiger partial charge in [0.2, 0.25) is 5.91 Å². The van der Waals surface area contributed by atoms with E-state index in [0.29, 0.717) is 11.7 Å². The molecule has 0 saturated carbocycles. The second-order valence-corrected chi connectivity index (χ2v) is 8.62. The Labute approximate surface area is 193 Å². The average Bonchev–Trinajstić information content (AvgIpc) is 3.26. The first kappa shape index (κ1) is 22.2. The van der Waals surface area contributed by atoms with E-state index in [1.807, 2.05) is 47.9 Å². The molecule has 1 aliphatic rings. The number of hydrogen-bond donors (Lipinski definition) is 1. The monoisotopic (exact) mass is 451 g/mol. The molecule has 168 valence electrons. The van der Waals surface area contributed by atoms with Gasteiger partial charge in [0, 0.05) is 31.0 Å². The molecule has 4 rings (SSSR count). The number of thioether (sulfide) groups is 1. The van der Waals surface area contributed by atoms with Gasteiger partial charge in [-0.15, -0.1) is 10.2 Å². The highest BCUT2D eigenvalue weighted by Gasteiger charge is 2.17. The van der Waals surface area contributed by atoms with Crippen LogP contribution in [0, 0.1) is 0 Å². The van der Waals surface area contributed by atoms with E-state index < -0.39 is 0 Å². The fraction of sp³-hybridized carbons (Fsp3) is 0.375. The predicted octanol–water partition coefficient (Wildman–Crippen LogP) is 4.69. The molecule has 0 aliphatic carbocycles. The van der Waals surface area contributed by atoms with Crippen molar-refractivity contribution in [2.75, 3.05) is 36.2 Å². The van der Waals surface area contributed by atoms with Crippen molar-refractivity contribution in [2.24, 2.45) is 0 Å². The minimum Gasteiger partial charge on any atom is -0.496 e. The number of nitrogens with one attached hydrogen (secondary N) is 1. The largest absolute Gasteiger partial charge is 0.496 e. The number of rotatable bonds is 8. The van der Waals surface area contributed by atoms with Crippen LogP contribution in [0.4, 0.5) is 11.4 Å². The number of carbonyl (C=O) groups excluding carboxylic acids is 1. The lowest BCUT2D eigenvalue weighted by Gasteiger charge is -2.28. The third-order valence-corrected chi connectivity index (χ3v) is 6.55. The Morgan fingerprint density at radius 3 is 2.53 bits per heavy atom. The summed E-state index contributed by atoms with van der Waals surface area (Å²) in [6, 6.07) is 15.9. The van der Waals surface area contributed by atoms with Gasteiger partial charge in [-0.05, 0) is 62.6 Å². The Hall–Kier alpha value is -3.00. The van der Waals surface area contributed by atoms with Gasteiger partial charge >= 0.3 is 0 Å². The second kappa shape index (κ2) is 10.5. The highest BCUT2D eigenvalue weighted by Crippen LogP contribution is 2.31. The molecule has 1 aromatic heterocycles. The molecule has 0 radical (unpaired) electrons. The summed E-state index contributed by atoms with van der Waals surface area (Å²) in [4.78, 5) is 14.9. The second-order valence-electron chi connectivity index (χ2n) is 7.68. The van der Waals surface area contributed by atoms with Crippen molar-refractivity contribution in [2.45, 2.75) is 37.9 Å². The molecule has 0 unspecified atom stereocenters. The van der Waals surface area contributed by atoms with Crippen LogP contribution >= 0.6 is 11.8 Å². The number of nitrogens with zero attached hydrogens (tertiary/aromatic N) is 4. The summed E-state index contributed by atoms with van der Waals surface area (Å²) in [6.07, 6.45) is 3.81. The normalized spacial score (nSPS) is 13.8. The highest BCUT2D eigenvalue weighted by molar-refractivity contribution is 7.99. The van der Waals surface area contributed by atoms with E-state index in [4.69, 9.17) is 4.74 Å². The number of amides is 1. The first-order chi connectivity index (χ1) is 15.7. The zero-order valence-electron chi connectivity index (χ0n) is 18.6. The van der Waals surface area contributed by atoms with Crippen LogP contribution in [0.3, 0.4) is 0 Å². The Balaban J connectivity index is 1.37. The van der Waals surface area contributed by atoms with E-state index >= 15 is 0 Å². The average molecular weight is 452 g/mol. The fourth-order valence-electron chi connectivity index (χ4n) is 3.94. The molecule has 1 saturated heterocycles. The standard InChI is InChI=1S/C24H29N5O2S/c1-3-29-23(20-9-5-6-10-21(20)31-2)26-27-24(29)32-17-22(30)25-18-11-13-19(14-12-18)28-15-7-4-8-16-28/h5-6,9-14H,3-4,7-8,15-17H2,1-2H3,(H,25,30). The first-order valence-corrected chi connectivity index (χ1v) is 12.0. The number of anilines is 2. The lowest BCUT2D eigenvalue weighted by Crippen LogP contribution is -2.29. The van der Waals surface area contributed by atoms with Gasteiger partial charge < -0.3 is 19.5 Å². The van der Waals surface area contributed by atoms with Gasteiger partial charge in [0.15, 0.2) is 11.0 Å². The highest BCUT2D eigenvalue weighted by atomic mass is 32.2. The predicted molar refractivity (Wildman–Crippen MR) is 130 cm³/mol. The van der Waals surface area contributed by atoms with Crippen molar-refractivity contribution in [3.63, 3.8) is 0 Å². The van der Waals surface area contributed by atoms with Crippen molar-refractivity contribution in [1.29, 1.82) is 0 Å².